The number of aromatic amines is 1. The Morgan fingerprint density at radius 2 is 1.88 bits per heavy atom. The number of H-pyrrole nitrogens is 1. The summed E-state index contributed by atoms with van der Waals surface area (Å²) in [6.07, 6.45) is 6.35. The first kappa shape index (κ1) is 23.1. The maximum absolute atomic E-state index is 13.5. The quantitative estimate of drug-likeness (QED) is 0.395. The number of benzene rings is 2. The number of carbonyl (C=O) groups is 2. The molecule has 0 spiro atoms. The summed E-state index contributed by atoms with van der Waals surface area (Å²) >= 11 is 6.06. The fourth-order valence-corrected chi connectivity index (χ4v) is 3.69. The monoisotopic (exact) mass is 477 g/mol. The molecule has 2 N–H and O–H groups in total. The van der Waals surface area contributed by atoms with Gasteiger partial charge in [-0.2, -0.15) is 0 Å². The van der Waals surface area contributed by atoms with E-state index in [2.05, 4.69) is 20.3 Å². The summed E-state index contributed by atoms with van der Waals surface area (Å²) in [5.74, 6) is -1.20. The van der Waals surface area contributed by atoms with Crippen LogP contribution in [0, 0.1) is 5.82 Å². The van der Waals surface area contributed by atoms with Gasteiger partial charge in [-0.05, 0) is 54.4 Å². The van der Waals surface area contributed by atoms with E-state index in [0.29, 0.717) is 22.7 Å². The summed E-state index contributed by atoms with van der Waals surface area (Å²) in [4.78, 5) is 39.3. The predicted octanol–water partition coefficient (Wildman–Crippen LogP) is 4.34. The summed E-state index contributed by atoms with van der Waals surface area (Å²) in [6, 6.07) is 15.2. The minimum Gasteiger partial charge on any atom is -0.354 e. The molecule has 4 aromatic rings. The lowest BCUT2D eigenvalue weighted by atomic mass is 10.0. The van der Waals surface area contributed by atoms with Crippen LogP contribution in [0.15, 0.2) is 85.6 Å². The van der Waals surface area contributed by atoms with Crippen LogP contribution >= 0.6 is 11.6 Å². The van der Waals surface area contributed by atoms with Crippen LogP contribution in [-0.2, 0) is 11.2 Å². The highest BCUT2D eigenvalue weighted by Crippen LogP contribution is 2.30. The van der Waals surface area contributed by atoms with Gasteiger partial charge in [0.05, 0.1) is 12.5 Å². The predicted molar refractivity (Wildman–Crippen MR) is 127 cm³/mol. The molecular weight excluding hydrogens is 457 g/mol. The number of hydrogen-bond acceptors (Lipinski definition) is 4. The number of anilines is 1. The lowest BCUT2D eigenvalue weighted by Crippen LogP contribution is -2.44. The van der Waals surface area contributed by atoms with E-state index < -0.39 is 17.9 Å². The van der Waals surface area contributed by atoms with Gasteiger partial charge in [0.2, 0.25) is 5.91 Å². The number of halogens is 2. The molecule has 0 aliphatic rings. The van der Waals surface area contributed by atoms with Crippen LogP contribution < -0.4 is 10.2 Å². The highest BCUT2D eigenvalue weighted by molar-refractivity contribution is 6.30. The summed E-state index contributed by atoms with van der Waals surface area (Å²) < 4.78 is 13.5. The molecule has 4 rings (SSSR count). The van der Waals surface area contributed by atoms with E-state index in [9.17, 15) is 14.0 Å². The molecule has 9 heteroatoms. The molecule has 0 saturated heterocycles. The highest BCUT2D eigenvalue weighted by atomic mass is 35.5. The Balaban J connectivity index is 1.67. The van der Waals surface area contributed by atoms with Crippen molar-refractivity contribution in [3.05, 3.63) is 113 Å². The van der Waals surface area contributed by atoms with Crippen molar-refractivity contribution in [3.63, 3.8) is 0 Å². The SMILES string of the molecule is O=C(NCCc1cccc(F)c1)C(c1cccnc1)N(C(=O)c1cnc[nH]1)c1ccc(Cl)cc1. The number of nitrogens with zero attached hydrogens (tertiary/aromatic N) is 3. The van der Waals surface area contributed by atoms with E-state index >= 15 is 0 Å². The van der Waals surface area contributed by atoms with Crippen molar-refractivity contribution in [1.29, 1.82) is 0 Å². The highest BCUT2D eigenvalue weighted by Gasteiger charge is 2.34. The zero-order chi connectivity index (χ0) is 23.9. The molecule has 0 aliphatic carbocycles. The van der Waals surface area contributed by atoms with Crippen molar-refractivity contribution in [3.8, 4) is 0 Å². The third kappa shape index (κ3) is 5.47. The number of amides is 2. The third-order valence-corrected chi connectivity index (χ3v) is 5.41. The Kier molecular flexibility index (Phi) is 7.29. The van der Waals surface area contributed by atoms with Gasteiger partial charge in [0, 0.05) is 35.2 Å². The van der Waals surface area contributed by atoms with Crippen LogP contribution in [0.4, 0.5) is 10.1 Å². The van der Waals surface area contributed by atoms with Crippen molar-refractivity contribution >= 4 is 29.1 Å². The van der Waals surface area contributed by atoms with Gasteiger partial charge in [0.1, 0.15) is 17.6 Å². The van der Waals surface area contributed by atoms with Crippen LogP contribution in [0.2, 0.25) is 5.02 Å². The van der Waals surface area contributed by atoms with Crippen LogP contribution in [0.1, 0.15) is 27.7 Å². The summed E-state index contributed by atoms with van der Waals surface area (Å²) in [5, 5.41) is 3.37. The zero-order valence-corrected chi connectivity index (χ0v) is 18.7. The molecule has 2 heterocycles. The van der Waals surface area contributed by atoms with Crippen LogP contribution in [0.5, 0.6) is 0 Å². The number of imidazole rings is 1. The molecule has 0 saturated carbocycles. The van der Waals surface area contributed by atoms with Crippen LogP contribution in [0.3, 0.4) is 0 Å². The molecule has 0 fully saturated rings. The maximum atomic E-state index is 13.5. The molecule has 2 aromatic carbocycles. The Morgan fingerprint density at radius 1 is 1.06 bits per heavy atom. The third-order valence-electron chi connectivity index (χ3n) is 5.16. The van der Waals surface area contributed by atoms with Crippen molar-refractivity contribution < 1.29 is 14.0 Å². The number of rotatable bonds is 8. The zero-order valence-electron chi connectivity index (χ0n) is 18.0. The summed E-state index contributed by atoms with van der Waals surface area (Å²) in [6.45, 7) is 0.256. The van der Waals surface area contributed by atoms with Crippen molar-refractivity contribution in [2.75, 3.05) is 11.4 Å². The first-order valence-corrected chi connectivity index (χ1v) is 10.9. The smallest absolute Gasteiger partial charge is 0.277 e. The number of aromatic nitrogens is 3. The van der Waals surface area contributed by atoms with Crippen LogP contribution in [-0.4, -0.2) is 33.3 Å². The fourth-order valence-electron chi connectivity index (χ4n) is 3.56. The largest absolute Gasteiger partial charge is 0.354 e. The number of pyridine rings is 1. The maximum Gasteiger partial charge on any atom is 0.277 e. The first-order chi connectivity index (χ1) is 16.5. The Bertz CT molecular complexity index is 1250. The van der Waals surface area contributed by atoms with Gasteiger partial charge in [0.25, 0.3) is 5.91 Å². The minimum absolute atomic E-state index is 0.219. The molecule has 2 aromatic heterocycles. The van der Waals surface area contributed by atoms with E-state index in [1.54, 1.807) is 60.9 Å². The van der Waals surface area contributed by atoms with Gasteiger partial charge in [-0.3, -0.25) is 19.5 Å². The lowest BCUT2D eigenvalue weighted by molar-refractivity contribution is -0.122. The van der Waals surface area contributed by atoms with Gasteiger partial charge < -0.3 is 10.3 Å². The van der Waals surface area contributed by atoms with Crippen molar-refractivity contribution in [1.82, 2.24) is 20.3 Å². The molecule has 1 unspecified atom stereocenters. The molecule has 172 valence electrons. The molecule has 34 heavy (non-hydrogen) atoms. The number of nitrogens with one attached hydrogen (secondary N) is 2. The van der Waals surface area contributed by atoms with E-state index in [1.165, 1.54) is 29.6 Å². The number of hydrogen-bond donors (Lipinski definition) is 2. The number of carbonyl (C=O) groups excluding carboxylic acids is 2. The second-order valence-corrected chi connectivity index (χ2v) is 7.91. The van der Waals surface area contributed by atoms with Crippen molar-refractivity contribution in [2.24, 2.45) is 0 Å². The second kappa shape index (κ2) is 10.7. The standard InChI is InChI=1S/C25H21ClFN5O2/c26-19-6-8-21(9-7-19)32(25(34)22-15-29-16-31-22)23(18-4-2-11-28-14-18)24(33)30-12-10-17-3-1-5-20(27)13-17/h1-9,11,13-16,23H,10,12H2,(H,29,31)(H,30,33). The Labute approximate surface area is 200 Å². The molecule has 0 radical (unpaired) electrons. The fraction of sp³-hybridized carbons (Fsp3) is 0.120. The van der Waals surface area contributed by atoms with Gasteiger partial charge in [-0.1, -0.05) is 29.8 Å². The molecule has 0 aliphatic heterocycles. The normalized spacial score (nSPS) is 11.6. The van der Waals surface area contributed by atoms with Gasteiger partial charge in [-0.15, -0.1) is 0 Å². The topological polar surface area (TPSA) is 91.0 Å². The summed E-state index contributed by atoms with van der Waals surface area (Å²) in [7, 11) is 0. The Hall–Kier alpha value is -4.04. The summed E-state index contributed by atoms with van der Waals surface area (Å²) in [5.41, 5.74) is 1.96. The first-order valence-electron chi connectivity index (χ1n) is 10.5. The molecule has 2 amide bonds. The molecule has 1 atom stereocenters. The van der Waals surface area contributed by atoms with E-state index in [-0.39, 0.29) is 18.1 Å². The van der Waals surface area contributed by atoms with E-state index in [1.807, 2.05) is 0 Å². The Morgan fingerprint density at radius 3 is 2.56 bits per heavy atom. The average Bonchev–Trinajstić information content (AvgIpc) is 3.38. The molecular formula is C25H21ClFN5O2. The lowest BCUT2D eigenvalue weighted by Gasteiger charge is -2.31. The van der Waals surface area contributed by atoms with Gasteiger partial charge in [0.15, 0.2) is 0 Å². The van der Waals surface area contributed by atoms with Crippen LogP contribution in [0.25, 0.3) is 0 Å². The van der Waals surface area contributed by atoms with E-state index in [0.717, 1.165) is 5.56 Å². The van der Waals surface area contributed by atoms with Crippen molar-refractivity contribution in [2.45, 2.75) is 12.5 Å². The second-order valence-electron chi connectivity index (χ2n) is 7.48. The minimum atomic E-state index is -1.03. The van der Waals surface area contributed by atoms with E-state index in [4.69, 9.17) is 11.6 Å². The average molecular weight is 478 g/mol. The molecule has 7 nitrogen and oxygen atoms in total. The van der Waals surface area contributed by atoms with Gasteiger partial charge >= 0.3 is 0 Å². The van der Waals surface area contributed by atoms with Gasteiger partial charge in [-0.25, -0.2) is 9.37 Å². The molecule has 0 bridgehead atoms.